The van der Waals surface area contributed by atoms with Crippen molar-refractivity contribution in [1.82, 2.24) is 0 Å². The smallest absolute Gasteiger partial charge is 0.282 e. The van der Waals surface area contributed by atoms with Gasteiger partial charge in [0.2, 0.25) is 0 Å². The van der Waals surface area contributed by atoms with Crippen molar-refractivity contribution in [2.45, 2.75) is 26.9 Å². The van der Waals surface area contributed by atoms with Crippen LogP contribution >= 0.6 is 0 Å². The van der Waals surface area contributed by atoms with Gasteiger partial charge in [0, 0.05) is 11.1 Å². The van der Waals surface area contributed by atoms with Crippen molar-refractivity contribution in [3.8, 4) is 5.75 Å². The van der Waals surface area contributed by atoms with Crippen LogP contribution in [-0.2, 0) is 9.59 Å². The van der Waals surface area contributed by atoms with E-state index in [1.54, 1.807) is 0 Å². The SMILES string of the molecule is Cc1ccc(C2=C(Nc3ccc(OC(C)C)cc3)C(=O)N(c3cccc4ccccc34)C2=O)cc1. The molecule has 5 rings (SSSR count). The van der Waals surface area contributed by atoms with Crippen LogP contribution in [0.5, 0.6) is 5.75 Å². The van der Waals surface area contributed by atoms with Crippen LogP contribution in [0, 0.1) is 6.92 Å². The van der Waals surface area contributed by atoms with Crippen molar-refractivity contribution >= 4 is 39.5 Å². The third kappa shape index (κ3) is 4.28. The number of hydrogen-bond donors (Lipinski definition) is 1. The number of nitrogens with zero attached hydrogens (tertiary/aromatic N) is 1. The molecule has 0 unspecified atom stereocenters. The molecule has 1 N–H and O–H groups in total. The van der Waals surface area contributed by atoms with Crippen LogP contribution in [0.4, 0.5) is 11.4 Å². The summed E-state index contributed by atoms with van der Waals surface area (Å²) in [4.78, 5) is 28.9. The van der Waals surface area contributed by atoms with E-state index in [2.05, 4.69) is 5.32 Å². The van der Waals surface area contributed by atoms with Crippen LogP contribution in [0.15, 0.2) is 96.7 Å². The van der Waals surface area contributed by atoms with Gasteiger partial charge in [-0.1, -0.05) is 66.2 Å². The molecule has 2 amide bonds. The second-order valence-electron chi connectivity index (χ2n) is 8.88. The Morgan fingerprint density at radius 3 is 2.17 bits per heavy atom. The fourth-order valence-electron chi connectivity index (χ4n) is 4.29. The first-order chi connectivity index (χ1) is 16.9. The summed E-state index contributed by atoms with van der Waals surface area (Å²) in [5.74, 6) is 0.00592. The first-order valence-corrected chi connectivity index (χ1v) is 11.6. The van der Waals surface area contributed by atoms with Crippen LogP contribution in [0.3, 0.4) is 0 Å². The van der Waals surface area contributed by atoms with E-state index >= 15 is 0 Å². The summed E-state index contributed by atoms with van der Waals surface area (Å²) in [6.45, 7) is 5.92. The van der Waals surface area contributed by atoms with Crippen LogP contribution in [-0.4, -0.2) is 17.9 Å². The van der Waals surface area contributed by atoms with Gasteiger partial charge in [-0.3, -0.25) is 9.59 Å². The number of carbonyl (C=O) groups is 2. The van der Waals surface area contributed by atoms with E-state index in [1.165, 1.54) is 4.90 Å². The number of aryl methyl sites for hydroxylation is 1. The number of hydrogen-bond acceptors (Lipinski definition) is 4. The lowest BCUT2D eigenvalue weighted by molar-refractivity contribution is -0.120. The maximum Gasteiger partial charge on any atom is 0.282 e. The highest BCUT2D eigenvalue weighted by Crippen LogP contribution is 2.37. The number of ether oxygens (including phenoxy) is 1. The minimum atomic E-state index is -0.385. The predicted molar refractivity (Wildman–Crippen MR) is 140 cm³/mol. The summed E-state index contributed by atoms with van der Waals surface area (Å²) in [6, 6.07) is 28.4. The van der Waals surface area contributed by atoms with Gasteiger partial charge in [0.25, 0.3) is 11.8 Å². The highest BCUT2D eigenvalue weighted by molar-refractivity contribution is 6.47. The second kappa shape index (κ2) is 9.11. The molecule has 5 heteroatoms. The maximum atomic E-state index is 13.8. The molecule has 1 aliphatic heterocycles. The molecular formula is C30H26N2O3. The standard InChI is InChI=1S/C30H26N2O3/c1-19(2)35-24-17-15-23(16-18-24)31-28-27(22-13-11-20(3)12-14-22)29(33)32(30(28)34)26-10-6-8-21-7-4-5-9-25(21)26/h4-19,31H,1-3H3. The lowest BCUT2D eigenvalue weighted by Crippen LogP contribution is -2.32. The number of anilines is 2. The van der Waals surface area contributed by atoms with Gasteiger partial charge in [0.1, 0.15) is 11.4 Å². The first kappa shape index (κ1) is 22.4. The Balaban J connectivity index is 1.59. The van der Waals surface area contributed by atoms with Crippen LogP contribution in [0.25, 0.3) is 16.3 Å². The van der Waals surface area contributed by atoms with Gasteiger partial charge in [0.15, 0.2) is 0 Å². The quantitative estimate of drug-likeness (QED) is 0.340. The van der Waals surface area contributed by atoms with Crippen LogP contribution in [0.1, 0.15) is 25.0 Å². The van der Waals surface area contributed by atoms with Gasteiger partial charge in [-0.2, -0.15) is 0 Å². The van der Waals surface area contributed by atoms with E-state index in [9.17, 15) is 9.59 Å². The van der Waals surface area contributed by atoms with Gasteiger partial charge in [0.05, 0.1) is 17.4 Å². The monoisotopic (exact) mass is 462 g/mol. The largest absolute Gasteiger partial charge is 0.491 e. The zero-order valence-electron chi connectivity index (χ0n) is 19.9. The van der Waals surface area contributed by atoms with Crippen LogP contribution in [0.2, 0.25) is 0 Å². The van der Waals surface area contributed by atoms with Crippen molar-refractivity contribution in [3.63, 3.8) is 0 Å². The number of amides is 2. The summed E-state index contributed by atoms with van der Waals surface area (Å²) < 4.78 is 5.73. The Kier molecular flexibility index (Phi) is 5.83. The molecule has 4 aromatic rings. The average Bonchev–Trinajstić information content (AvgIpc) is 3.09. The first-order valence-electron chi connectivity index (χ1n) is 11.6. The fraction of sp³-hybridized carbons (Fsp3) is 0.133. The molecule has 0 fully saturated rings. The van der Waals surface area contributed by atoms with E-state index in [-0.39, 0.29) is 23.6 Å². The third-order valence-electron chi connectivity index (χ3n) is 5.93. The fourth-order valence-corrected chi connectivity index (χ4v) is 4.29. The molecule has 5 nitrogen and oxygen atoms in total. The molecule has 0 aromatic heterocycles. The molecule has 0 spiro atoms. The Labute approximate surface area is 204 Å². The number of imide groups is 1. The van der Waals surface area contributed by atoms with Gasteiger partial charge < -0.3 is 10.1 Å². The second-order valence-corrected chi connectivity index (χ2v) is 8.88. The molecule has 174 valence electrons. The van der Waals surface area contributed by atoms with Crippen molar-refractivity contribution in [2.75, 3.05) is 10.2 Å². The molecule has 1 heterocycles. The molecule has 0 aliphatic carbocycles. The summed E-state index contributed by atoms with van der Waals surface area (Å²) in [6.07, 6.45) is 0.0629. The minimum absolute atomic E-state index is 0.0629. The minimum Gasteiger partial charge on any atom is -0.491 e. The molecule has 0 saturated heterocycles. The molecule has 1 aliphatic rings. The highest BCUT2D eigenvalue weighted by Gasteiger charge is 2.40. The zero-order chi connectivity index (χ0) is 24.5. The van der Waals surface area contributed by atoms with Gasteiger partial charge >= 0.3 is 0 Å². The Hall–Kier alpha value is -4.38. The summed E-state index contributed by atoms with van der Waals surface area (Å²) in [5, 5.41) is 5.03. The topological polar surface area (TPSA) is 58.6 Å². The van der Waals surface area contributed by atoms with E-state index in [4.69, 9.17) is 4.74 Å². The Bertz CT molecular complexity index is 1450. The number of nitrogens with one attached hydrogen (secondary N) is 1. The Morgan fingerprint density at radius 2 is 1.46 bits per heavy atom. The lowest BCUT2D eigenvalue weighted by atomic mass is 10.0. The molecular weight excluding hydrogens is 436 g/mol. The molecule has 0 saturated carbocycles. The average molecular weight is 463 g/mol. The van der Waals surface area contributed by atoms with E-state index in [0.29, 0.717) is 22.5 Å². The number of rotatable bonds is 6. The lowest BCUT2D eigenvalue weighted by Gasteiger charge is -2.18. The zero-order valence-corrected chi connectivity index (χ0v) is 19.9. The van der Waals surface area contributed by atoms with Crippen LogP contribution < -0.4 is 15.0 Å². The summed E-state index contributed by atoms with van der Waals surface area (Å²) >= 11 is 0. The summed E-state index contributed by atoms with van der Waals surface area (Å²) in [5.41, 5.74) is 3.64. The number of fused-ring (bicyclic) bond motifs is 1. The van der Waals surface area contributed by atoms with Crippen molar-refractivity contribution < 1.29 is 14.3 Å². The Morgan fingerprint density at radius 1 is 0.771 bits per heavy atom. The van der Waals surface area contributed by atoms with Gasteiger partial charge in [-0.05, 0) is 62.1 Å². The van der Waals surface area contributed by atoms with Crippen molar-refractivity contribution in [3.05, 3.63) is 108 Å². The van der Waals surface area contributed by atoms with E-state index < -0.39 is 0 Å². The molecule has 0 radical (unpaired) electrons. The highest BCUT2D eigenvalue weighted by atomic mass is 16.5. The van der Waals surface area contributed by atoms with Gasteiger partial charge in [-0.15, -0.1) is 0 Å². The molecule has 4 aromatic carbocycles. The molecule has 0 atom stereocenters. The van der Waals surface area contributed by atoms with Gasteiger partial charge in [-0.25, -0.2) is 4.90 Å². The normalized spacial score (nSPS) is 13.8. The van der Waals surface area contributed by atoms with Crippen molar-refractivity contribution in [1.29, 1.82) is 0 Å². The maximum absolute atomic E-state index is 13.8. The number of benzene rings is 4. The van der Waals surface area contributed by atoms with E-state index in [0.717, 1.165) is 22.1 Å². The molecule has 35 heavy (non-hydrogen) atoms. The third-order valence-corrected chi connectivity index (χ3v) is 5.93. The number of carbonyl (C=O) groups excluding carboxylic acids is 2. The van der Waals surface area contributed by atoms with E-state index in [1.807, 2.05) is 112 Å². The van der Waals surface area contributed by atoms with Crippen molar-refractivity contribution in [2.24, 2.45) is 0 Å². The summed E-state index contributed by atoms with van der Waals surface area (Å²) in [7, 11) is 0. The molecule has 0 bridgehead atoms. The predicted octanol–water partition coefficient (Wildman–Crippen LogP) is 6.33.